The Hall–Kier alpha value is 0.557. The van der Waals surface area contributed by atoms with Gasteiger partial charge >= 0.3 is 18.9 Å². The summed E-state index contributed by atoms with van der Waals surface area (Å²) in [5.74, 6) is 0. The molecule has 0 radical (unpaired) electrons. The summed E-state index contributed by atoms with van der Waals surface area (Å²) in [5.41, 5.74) is -0.458. The van der Waals surface area contributed by atoms with E-state index in [0.29, 0.717) is 0 Å². The van der Waals surface area contributed by atoms with Gasteiger partial charge in [-0.25, -0.2) is 0 Å². The van der Waals surface area contributed by atoms with Gasteiger partial charge in [0, 0.05) is 0 Å². The zero-order chi connectivity index (χ0) is 5.21. The summed E-state index contributed by atoms with van der Waals surface area (Å²) in [4.78, 5) is 0. The van der Waals surface area contributed by atoms with Gasteiger partial charge in [0.1, 0.15) is 0 Å². The Morgan fingerprint density at radius 2 is 1.71 bits per heavy atom. The molecule has 0 saturated carbocycles. The van der Waals surface area contributed by atoms with Crippen LogP contribution in [0.25, 0.3) is 0 Å². The molecule has 0 aromatic carbocycles. The van der Waals surface area contributed by atoms with Crippen LogP contribution in [0.15, 0.2) is 0 Å². The summed E-state index contributed by atoms with van der Waals surface area (Å²) in [7, 11) is 0. The van der Waals surface area contributed by atoms with Gasteiger partial charge in [0.2, 0.25) is 0 Å². The van der Waals surface area contributed by atoms with E-state index in [1.54, 1.807) is 13.8 Å². The molecule has 0 atom stereocenters. The third kappa shape index (κ3) is 10.8. The number of hydrogen-bond donors (Lipinski definition) is 1. The molecule has 1 nitrogen and oxygen atoms in total. The van der Waals surface area contributed by atoms with Crippen molar-refractivity contribution in [3.8, 4) is 0 Å². The molecule has 2 heteroatoms. The first-order valence-electron chi connectivity index (χ1n) is 2.28. The predicted molar refractivity (Wildman–Crippen MR) is 27.7 cm³/mol. The van der Waals surface area contributed by atoms with Crippen molar-refractivity contribution in [1.82, 2.24) is 0 Å². The molecule has 0 rings (SSSR count). The van der Waals surface area contributed by atoms with Crippen LogP contribution >= 0.6 is 0 Å². The Bertz CT molecular complexity index is 42.2. The fraction of sp³-hybridized carbons (Fsp3) is 1.00. The maximum atomic E-state index is 8.83. The van der Waals surface area contributed by atoms with Gasteiger partial charge in [0.05, 0.1) is 5.60 Å². The van der Waals surface area contributed by atoms with E-state index in [0.717, 1.165) is 6.42 Å². The summed E-state index contributed by atoms with van der Waals surface area (Å²) < 4.78 is 0. The SMILES string of the molecule is CCC(C)(C)O.[H-].[Li+]. The fourth-order valence-electron chi connectivity index (χ4n) is 0. The smallest absolute Gasteiger partial charge is 1.00 e. The monoisotopic (exact) mass is 96.1 g/mol. The normalized spacial score (nSPS) is 10.3. The Morgan fingerprint density at radius 3 is 1.71 bits per heavy atom. The third-order valence-corrected chi connectivity index (χ3v) is 0.865. The first-order valence-corrected chi connectivity index (χ1v) is 2.28. The van der Waals surface area contributed by atoms with Gasteiger partial charge in [-0.3, -0.25) is 0 Å². The first kappa shape index (κ1) is 10.5. The maximum Gasteiger partial charge on any atom is 1.00 e. The summed E-state index contributed by atoms with van der Waals surface area (Å²) in [6.07, 6.45) is 0.826. The number of rotatable bonds is 1. The molecule has 0 aromatic heterocycles. The van der Waals surface area contributed by atoms with E-state index in [9.17, 15) is 0 Å². The zero-order valence-corrected chi connectivity index (χ0v) is 5.65. The number of aliphatic hydroxyl groups is 1. The Labute approximate surface area is 58.8 Å². The third-order valence-electron chi connectivity index (χ3n) is 0.865. The molecule has 0 amide bonds. The molecule has 0 aliphatic carbocycles. The average Bonchev–Trinajstić information content (AvgIpc) is 1.35. The molecule has 0 aliphatic rings. The van der Waals surface area contributed by atoms with E-state index in [2.05, 4.69) is 0 Å². The second-order valence-electron chi connectivity index (χ2n) is 2.17. The topological polar surface area (TPSA) is 20.2 Å². The van der Waals surface area contributed by atoms with E-state index in [-0.39, 0.29) is 20.3 Å². The minimum absolute atomic E-state index is 0. The first-order chi connectivity index (χ1) is 2.56. The molecular formula is C5H13LiO. The molecule has 7 heavy (non-hydrogen) atoms. The van der Waals surface area contributed by atoms with Gasteiger partial charge < -0.3 is 6.53 Å². The minimum atomic E-state index is -0.458. The molecule has 0 spiro atoms. The van der Waals surface area contributed by atoms with Gasteiger partial charge in [0.15, 0.2) is 0 Å². The van der Waals surface area contributed by atoms with Crippen LogP contribution in [0.4, 0.5) is 0 Å². The molecule has 0 aliphatic heterocycles. The maximum absolute atomic E-state index is 8.83. The summed E-state index contributed by atoms with van der Waals surface area (Å²) in [6, 6.07) is 0. The molecule has 0 saturated heterocycles. The fourth-order valence-corrected chi connectivity index (χ4v) is 0. The summed E-state index contributed by atoms with van der Waals surface area (Å²) in [6.45, 7) is 5.56. The second kappa shape index (κ2) is 3.55. The van der Waals surface area contributed by atoms with Crippen molar-refractivity contribution in [3.05, 3.63) is 0 Å². The summed E-state index contributed by atoms with van der Waals surface area (Å²) >= 11 is 0. The van der Waals surface area contributed by atoms with Gasteiger partial charge in [-0.05, 0) is 20.3 Å². The van der Waals surface area contributed by atoms with Gasteiger partial charge in [0.25, 0.3) is 0 Å². The minimum Gasteiger partial charge on any atom is -1.00 e. The molecule has 1 N–H and O–H groups in total. The van der Waals surface area contributed by atoms with Crippen molar-refractivity contribution in [2.45, 2.75) is 32.8 Å². The van der Waals surface area contributed by atoms with Crippen LogP contribution in [0.5, 0.6) is 0 Å². The summed E-state index contributed by atoms with van der Waals surface area (Å²) in [5, 5.41) is 8.83. The number of hydrogen-bond acceptors (Lipinski definition) is 1. The van der Waals surface area contributed by atoms with Crippen molar-refractivity contribution in [3.63, 3.8) is 0 Å². The quantitative estimate of drug-likeness (QED) is 0.385. The molecule has 0 fully saturated rings. The van der Waals surface area contributed by atoms with Crippen LogP contribution in [-0.4, -0.2) is 10.7 Å². The Balaban J connectivity index is -0.000000125. The molecule has 0 heterocycles. The van der Waals surface area contributed by atoms with Crippen LogP contribution in [0, 0.1) is 0 Å². The molecule has 40 valence electrons. The van der Waals surface area contributed by atoms with E-state index in [4.69, 9.17) is 5.11 Å². The van der Waals surface area contributed by atoms with E-state index in [1.807, 2.05) is 6.92 Å². The van der Waals surface area contributed by atoms with E-state index < -0.39 is 5.60 Å². The van der Waals surface area contributed by atoms with Crippen LogP contribution in [-0.2, 0) is 0 Å². The standard InChI is InChI=1S/C5H12O.Li.H/c1-4-5(2,3)6;;/h6H,4H2,1-3H3;;/q;+1;-1. The largest absolute Gasteiger partial charge is 1.00 e. The van der Waals surface area contributed by atoms with Crippen molar-refractivity contribution in [2.24, 2.45) is 0 Å². The zero-order valence-electron chi connectivity index (χ0n) is 6.65. The van der Waals surface area contributed by atoms with Crippen molar-refractivity contribution in [2.75, 3.05) is 0 Å². The van der Waals surface area contributed by atoms with Gasteiger partial charge in [-0.15, -0.1) is 0 Å². The van der Waals surface area contributed by atoms with Crippen LogP contribution < -0.4 is 18.9 Å². The van der Waals surface area contributed by atoms with Crippen molar-refractivity contribution >= 4 is 0 Å². The van der Waals surface area contributed by atoms with Crippen molar-refractivity contribution in [1.29, 1.82) is 0 Å². The molecule has 0 aromatic rings. The van der Waals surface area contributed by atoms with Gasteiger partial charge in [-0.2, -0.15) is 0 Å². The molecular weight excluding hydrogens is 83.0 g/mol. The van der Waals surface area contributed by atoms with E-state index >= 15 is 0 Å². The molecule has 0 bridgehead atoms. The van der Waals surface area contributed by atoms with Crippen molar-refractivity contribution < 1.29 is 25.4 Å². The average molecular weight is 96.1 g/mol. The van der Waals surface area contributed by atoms with E-state index in [1.165, 1.54) is 0 Å². The Morgan fingerprint density at radius 1 is 1.57 bits per heavy atom. The second-order valence-corrected chi connectivity index (χ2v) is 2.17. The molecule has 0 unspecified atom stereocenters. The van der Waals surface area contributed by atoms with Crippen LogP contribution in [0.1, 0.15) is 28.6 Å². The Kier molecular flexibility index (Phi) is 5.33. The van der Waals surface area contributed by atoms with Gasteiger partial charge in [-0.1, -0.05) is 6.92 Å². The van der Waals surface area contributed by atoms with Crippen LogP contribution in [0.3, 0.4) is 0 Å². The van der Waals surface area contributed by atoms with Crippen LogP contribution in [0.2, 0.25) is 0 Å². The predicted octanol–water partition coefficient (Wildman–Crippen LogP) is -1.72.